The van der Waals surface area contributed by atoms with Gasteiger partial charge in [-0.3, -0.25) is 9.59 Å². The van der Waals surface area contributed by atoms with Crippen LogP contribution in [0.25, 0.3) is 10.8 Å². The Bertz CT molecular complexity index is 994. The number of piperidine rings is 1. The van der Waals surface area contributed by atoms with Crippen LogP contribution in [0, 0.1) is 5.82 Å². The number of carbonyl (C=O) groups is 2. The number of carbonyl (C=O) groups excluding carboxylic acids is 2. The Hall–Kier alpha value is -3.00. The molecular weight excluding hydrogens is 395 g/mol. The molecule has 0 unspecified atom stereocenters. The number of halogens is 1. The van der Waals surface area contributed by atoms with Crippen molar-refractivity contribution < 1.29 is 23.1 Å². The van der Waals surface area contributed by atoms with E-state index in [1.54, 1.807) is 17.0 Å². The first-order valence-electron chi connectivity index (χ1n) is 9.31. The summed E-state index contributed by atoms with van der Waals surface area (Å²) < 4.78 is 24.7. The first-order valence-corrected chi connectivity index (χ1v) is 10.2. The fourth-order valence-corrected chi connectivity index (χ4v) is 3.91. The van der Waals surface area contributed by atoms with Gasteiger partial charge in [0.15, 0.2) is 0 Å². The Morgan fingerprint density at radius 1 is 1.21 bits per heavy atom. The zero-order valence-electron chi connectivity index (χ0n) is 15.5. The van der Waals surface area contributed by atoms with Gasteiger partial charge in [-0.15, -0.1) is 11.3 Å². The molecule has 1 fully saturated rings. The molecule has 3 aromatic rings. The van der Waals surface area contributed by atoms with Crippen LogP contribution in [0.3, 0.4) is 0 Å². The molecule has 1 saturated heterocycles. The van der Waals surface area contributed by atoms with Gasteiger partial charge in [-0.2, -0.15) is 0 Å². The van der Waals surface area contributed by atoms with Crippen LogP contribution in [0.2, 0.25) is 0 Å². The summed E-state index contributed by atoms with van der Waals surface area (Å²) >= 11 is 1.51. The molecule has 3 heterocycles. The Kier molecular flexibility index (Phi) is 5.71. The van der Waals surface area contributed by atoms with Crippen LogP contribution in [-0.2, 0) is 16.0 Å². The van der Waals surface area contributed by atoms with E-state index < -0.39 is 5.82 Å². The molecule has 150 valence electrons. The average Bonchev–Trinajstić information content (AvgIpc) is 3.40. The molecule has 1 aliphatic rings. The second-order valence-corrected chi connectivity index (χ2v) is 7.71. The highest BCUT2D eigenvalue weighted by molar-refractivity contribution is 7.13. The van der Waals surface area contributed by atoms with Gasteiger partial charge in [0.25, 0.3) is 5.91 Å². The zero-order chi connectivity index (χ0) is 20.2. The molecule has 1 aliphatic heterocycles. The molecule has 0 aliphatic carbocycles. The van der Waals surface area contributed by atoms with Crippen LogP contribution in [0.5, 0.6) is 0 Å². The van der Waals surface area contributed by atoms with Crippen molar-refractivity contribution in [2.45, 2.75) is 25.4 Å². The number of nitrogens with zero attached hydrogens (tertiary/aromatic N) is 2. The number of benzene rings is 1. The van der Waals surface area contributed by atoms with Crippen molar-refractivity contribution in [2.24, 2.45) is 0 Å². The first-order chi connectivity index (χ1) is 14.1. The van der Waals surface area contributed by atoms with Gasteiger partial charge in [0, 0.05) is 25.9 Å². The topological polar surface area (TPSA) is 72.6 Å². The van der Waals surface area contributed by atoms with Crippen LogP contribution in [-0.4, -0.2) is 41.0 Å². The van der Waals surface area contributed by atoms with E-state index in [0.717, 1.165) is 4.88 Å². The van der Waals surface area contributed by atoms with Crippen LogP contribution in [0.1, 0.15) is 28.9 Å². The lowest BCUT2D eigenvalue weighted by Gasteiger charge is -2.31. The second-order valence-electron chi connectivity index (χ2n) is 6.76. The number of hydrogen-bond donors (Lipinski definition) is 0. The molecule has 2 aromatic heterocycles. The van der Waals surface area contributed by atoms with Crippen molar-refractivity contribution in [1.82, 2.24) is 9.88 Å². The maximum atomic E-state index is 13.8. The van der Waals surface area contributed by atoms with Crippen LogP contribution < -0.4 is 0 Å². The number of ether oxygens (including phenoxy) is 1. The second kappa shape index (κ2) is 8.57. The normalized spacial score (nSPS) is 14.7. The monoisotopic (exact) mass is 414 g/mol. The quantitative estimate of drug-likeness (QED) is 0.592. The van der Waals surface area contributed by atoms with Crippen molar-refractivity contribution in [3.8, 4) is 10.8 Å². The van der Waals surface area contributed by atoms with Crippen LogP contribution >= 0.6 is 11.3 Å². The molecule has 0 radical (unpaired) electrons. The van der Waals surface area contributed by atoms with E-state index in [1.165, 1.54) is 29.7 Å². The predicted molar refractivity (Wildman–Crippen MR) is 105 cm³/mol. The summed E-state index contributed by atoms with van der Waals surface area (Å²) in [6, 6.07) is 9.74. The van der Waals surface area contributed by atoms with E-state index in [0.29, 0.717) is 37.5 Å². The summed E-state index contributed by atoms with van der Waals surface area (Å²) in [4.78, 5) is 31.5. The van der Waals surface area contributed by atoms with Gasteiger partial charge < -0.3 is 14.1 Å². The highest BCUT2D eigenvalue weighted by atomic mass is 32.1. The molecule has 1 amide bonds. The van der Waals surface area contributed by atoms with Gasteiger partial charge in [-0.25, -0.2) is 9.37 Å². The van der Waals surface area contributed by atoms with E-state index in [-0.39, 0.29) is 30.0 Å². The maximum Gasteiger partial charge on any atom is 0.312 e. The van der Waals surface area contributed by atoms with Gasteiger partial charge in [0.05, 0.1) is 22.6 Å². The Morgan fingerprint density at radius 3 is 2.72 bits per heavy atom. The minimum Gasteiger partial charge on any atom is -0.462 e. The van der Waals surface area contributed by atoms with Gasteiger partial charge in [0.1, 0.15) is 18.2 Å². The largest absolute Gasteiger partial charge is 0.462 e. The van der Waals surface area contributed by atoms with Gasteiger partial charge in [-0.1, -0.05) is 18.2 Å². The van der Waals surface area contributed by atoms with E-state index in [9.17, 15) is 14.0 Å². The lowest BCUT2D eigenvalue weighted by molar-refractivity contribution is -0.150. The van der Waals surface area contributed by atoms with Crippen molar-refractivity contribution in [1.29, 1.82) is 0 Å². The summed E-state index contributed by atoms with van der Waals surface area (Å²) in [7, 11) is 0. The highest BCUT2D eigenvalue weighted by Crippen LogP contribution is 2.24. The van der Waals surface area contributed by atoms with E-state index in [1.807, 2.05) is 17.5 Å². The summed E-state index contributed by atoms with van der Waals surface area (Å²) in [6.45, 7) is 0.829. The fourth-order valence-electron chi connectivity index (χ4n) is 3.26. The van der Waals surface area contributed by atoms with Crippen molar-refractivity contribution in [2.75, 3.05) is 13.1 Å². The smallest absolute Gasteiger partial charge is 0.312 e. The Balaban J connectivity index is 1.27. The third-order valence-electron chi connectivity index (χ3n) is 4.74. The Labute approximate surface area is 170 Å². The number of hydrogen-bond acceptors (Lipinski definition) is 6. The van der Waals surface area contributed by atoms with Gasteiger partial charge in [-0.05, 0) is 23.6 Å². The summed E-state index contributed by atoms with van der Waals surface area (Å²) in [5.41, 5.74) is 0.584. The lowest BCUT2D eigenvalue weighted by Crippen LogP contribution is -2.41. The minimum absolute atomic E-state index is 0.0310. The molecule has 6 nitrogen and oxygen atoms in total. The zero-order valence-corrected chi connectivity index (χ0v) is 16.4. The Morgan fingerprint density at radius 2 is 2.00 bits per heavy atom. The predicted octanol–water partition coefficient (Wildman–Crippen LogP) is 3.93. The van der Waals surface area contributed by atoms with Gasteiger partial charge in [0.2, 0.25) is 5.89 Å². The molecule has 0 N–H and O–H groups in total. The summed E-state index contributed by atoms with van der Waals surface area (Å²) in [5, 5.41) is 1.93. The molecule has 0 atom stereocenters. The van der Waals surface area contributed by atoms with E-state index in [2.05, 4.69) is 4.98 Å². The molecule has 0 bridgehead atoms. The molecular formula is C21H19FN2O4S. The number of likely N-dealkylation sites (tertiary alicyclic amines) is 1. The number of rotatable bonds is 5. The van der Waals surface area contributed by atoms with Gasteiger partial charge >= 0.3 is 5.97 Å². The summed E-state index contributed by atoms with van der Waals surface area (Å²) in [6.07, 6.45) is 2.27. The lowest BCUT2D eigenvalue weighted by atomic mass is 10.1. The number of thiophene rings is 1. The maximum absolute atomic E-state index is 13.8. The summed E-state index contributed by atoms with van der Waals surface area (Å²) in [5.74, 6) is -0.755. The number of aromatic nitrogens is 1. The molecule has 0 spiro atoms. The third kappa shape index (κ3) is 4.54. The van der Waals surface area contributed by atoms with Crippen molar-refractivity contribution in [3.63, 3.8) is 0 Å². The standard InChI is InChI=1S/C21H19FN2O4S/c22-17-5-2-1-4-16(17)21(26)24-9-7-15(8-10-24)28-19(25)12-14-13-27-20(23-14)18-6-3-11-29-18/h1-6,11,13,15H,7-10,12H2. The minimum atomic E-state index is -0.527. The molecule has 4 rings (SSSR count). The van der Waals surface area contributed by atoms with E-state index >= 15 is 0 Å². The van der Waals surface area contributed by atoms with Crippen molar-refractivity contribution >= 4 is 23.2 Å². The number of amides is 1. The van der Waals surface area contributed by atoms with E-state index in [4.69, 9.17) is 9.15 Å². The molecule has 1 aromatic carbocycles. The average molecular weight is 414 g/mol. The molecule has 8 heteroatoms. The highest BCUT2D eigenvalue weighted by Gasteiger charge is 2.27. The van der Waals surface area contributed by atoms with Crippen LogP contribution in [0.4, 0.5) is 4.39 Å². The van der Waals surface area contributed by atoms with Crippen LogP contribution in [0.15, 0.2) is 52.5 Å². The fraction of sp³-hybridized carbons (Fsp3) is 0.286. The molecule has 29 heavy (non-hydrogen) atoms. The SMILES string of the molecule is O=C(Cc1coc(-c2cccs2)n1)OC1CCN(C(=O)c2ccccc2F)CC1. The number of oxazole rings is 1. The van der Waals surface area contributed by atoms with Crippen molar-refractivity contribution in [3.05, 3.63) is 65.1 Å². The first kappa shape index (κ1) is 19.3. The third-order valence-corrected chi connectivity index (χ3v) is 5.60. The number of esters is 1. The molecule has 0 saturated carbocycles.